The molecule has 6 heteroatoms. The topological polar surface area (TPSA) is 29.5 Å². The van der Waals surface area contributed by atoms with E-state index in [1.165, 1.54) is 19.2 Å². The number of methoxy groups -OCH3 is 1. The summed E-state index contributed by atoms with van der Waals surface area (Å²) in [7, 11) is 1.41. The summed E-state index contributed by atoms with van der Waals surface area (Å²) in [5.74, 6) is -0.489. The predicted octanol–water partition coefficient (Wildman–Crippen LogP) is 3.93. The Labute approximate surface area is 118 Å². The van der Waals surface area contributed by atoms with Crippen molar-refractivity contribution in [1.82, 2.24) is 0 Å². The molecule has 0 saturated carbocycles. The zero-order valence-electron chi connectivity index (χ0n) is 11.0. The van der Waals surface area contributed by atoms with Crippen molar-refractivity contribution in [2.45, 2.75) is 12.3 Å². The van der Waals surface area contributed by atoms with Gasteiger partial charge in [0.2, 0.25) is 0 Å². The van der Waals surface area contributed by atoms with E-state index in [1.54, 1.807) is 12.1 Å². The van der Waals surface area contributed by atoms with E-state index < -0.39 is 29.2 Å². The number of hydrogen-bond donors (Lipinski definition) is 1. The highest BCUT2D eigenvalue weighted by Gasteiger charge is 2.32. The van der Waals surface area contributed by atoms with Gasteiger partial charge in [0.1, 0.15) is 17.7 Å². The zero-order chi connectivity index (χ0) is 15.6. The molecule has 1 unspecified atom stereocenters. The molecule has 1 N–H and O–H groups in total. The van der Waals surface area contributed by atoms with Gasteiger partial charge in [-0.15, -0.1) is 0 Å². The van der Waals surface area contributed by atoms with Crippen LogP contribution in [0.25, 0.3) is 0 Å². The van der Waals surface area contributed by atoms with Crippen molar-refractivity contribution >= 4 is 0 Å². The van der Waals surface area contributed by atoms with Gasteiger partial charge >= 0.3 is 6.18 Å². The first-order valence-electron chi connectivity index (χ1n) is 6.01. The maximum absolute atomic E-state index is 13.7. The van der Waals surface area contributed by atoms with E-state index in [-0.39, 0.29) is 5.56 Å². The van der Waals surface area contributed by atoms with Crippen LogP contribution < -0.4 is 4.74 Å². The van der Waals surface area contributed by atoms with E-state index in [0.717, 1.165) is 0 Å². The Morgan fingerprint density at radius 2 is 1.81 bits per heavy atom. The number of benzene rings is 2. The Balaban J connectivity index is 2.44. The standard InChI is InChI=1S/C15H12F4O2/c1-21-11-4-2-3-9(7-11)14(20)12-8-10(15(17,18)19)5-6-13(12)16/h2-8,14,20H,1H3. The van der Waals surface area contributed by atoms with E-state index >= 15 is 0 Å². The smallest absolute Gasteiger partial charge is 0.416 e. The second-order valence-corrected chi connectivity index (χ2v) is 4.41. The lowest BCUT2D eigenvalue weighted by atomic mass is 9.99. The molecule has 0 spiro atoms. The number of alkyl halides is 3. The van der Waals surface area contributed by atoms with Crippen molar-refractivity contribution in [3.8, 4) is 5.75 Å². The fraction of sp³-hybridized carbons (Fsp3) is 0.200. The van der Waals surface area contributed by atoms with Gasteiger partial charge in [0.15, 0.2) is 0 Å². The normalized spacial score (nSPS) is 13.0. The minimum absolute atomic E-state index is 0.243. The summed E-state index contributed by atoms with van der Waals surface area (Å²) in [5, 5.41) is 10.1. The van der Waals surface area contributed by atoms with Crippen molar-refractivity contribution in [2.24, 2.45) is 0 Å². The van der Waals surface area contributed by atoms with Crippen LogP contribution in [0.1, 0.15) is 22.8 Å². The molecule has 0 fully saturated rings. The van der Waals surface area contributed by atoms with Gasteiger partial charge in [-0.05, 0) is 35.9 Å². The first-order valence-corrected chi connectivity index (χ1v) is 6.01. The van der Waals surface area contributed by atoms with Crippen LogP contribution in [0.2, 0.25) is 0 Å². The molecule has 0 amide bonds. The monoisotopic (exact) mass is 300 g/mol. The maximum atomic E-state index is 13.7. The molecule has 0 aromatic heterocycles. The van der Waals surface area contributed by atoms with Crippen LogP contribution in [0.3, 0.4) is 0 Å². The fourth-order valence-electron chi connectivity index (χ4n) is 1.92. The Bertz CT molecular complexity index is 638. The predicted molar refractivity (Wildman–Crippen MR) is 68.5 cm³/mol. The minimum Gasteiger partial charge on any atom is -0.497 e. The van der Waals surface area contributed by atoms with Crippen molar-refractivity contribution in [3.63, 3.8) is 0 Å². The molecule has 2 aromatic carbocycles. The van der Waals surface area contributed by atoms with Crippen LogP contribution in [0.4, 0.5) is 17.6 Å². The average Bonchev–Trinajstić information content (AvgIpc) is 2.46. The summed E-state index contributed by atoms with van der Waals surface area (Å²) < 4.78 is 56.7. The Hall–Kier alpha value is -2.08. The molecular weight excluding hydrogens is 288 g/mol. The van der Waals surface area contributed by atoms with Crippen LogP contribution in [-0.4, -0.2) is 12.2 Å². The van der Waals surface area contributed by atoms with E-state index in [1.807, 2.05) is 0 Å². The van der Waals surface area contributed by atoms with Crippen LogP contribution in [0.15, 0.2) is 42.5 Å². The fourth-order valence-corrected chi connectivity index (χ4v) is 1.92. The van der Waals surface area contributed by atoms with Gasteiger partial charge in [0, 0.05) is 5.56 Å². The summed E-state index contributed by atoms with van der Waals surface area (Å²) in [6.07, 6.45) is -6.11. The molecule has 21 heavy (non-hydrogen) atoms. The molecular formula is C15H12F4O2. The summed E-state index contributed by atoms with van der Waals surface area (Å²) in [6.45, 7) is 0. The number of rotatable bonds is 3. The first kappa shape index (κ1) is 15.3. The maximum Gasteiger partial charge on any atom is 0.416 e. The number of halogens is 4. The summed E-state index contributed by atoms with van der Waals surface area (Å²) >= 11 is 0. The molecule has 2 nitrogen and oxygen atoms in total. The van der Waals surface area contributed by atoms with Gasteiger partial charge < -0.3 is 9.84 Å². The Morgan fingerprint density at radius 3 is 2.43 bits per heavy atom. The molecule has 112 valence electrons. The van der Waals surface area contributed by atoms with Gasteiger partial charge in [-0.25, -0.2) is 4.39 Å². The van der Waals surface area contributed by atoms with Gasteiger partial charge in [-0.2, -0.15) is 13.2 Å². The number of hydrogen-bond acceptors (Lipinski definition) is 2. The molecule has 0 aliphatic heterocycles. The third-order valence-electron chi connectivity index (χ3n) is 3.03. The third kappa shape index (κ3) is 3.33. The van der Waals surface area contributed by atoms with Gasteiger partial charge in [-0.1, -0.05) is 12.1 Å². The largest absolute Gasteiger partial charge is 0.497 e. The van der Waals surface area contributed by atoms with E-state index in [4.69, 9.17) is 4.74 Å². The second-order valence-electron chi connectivity index (χ2n) is 4.41. The SMILES string of the molecule is COc1cccc(C(O)c2cc(C(F)(F)F)ccc2F)c1. The van der Waals surface area contributed by atoms with Crippen LogP contribution in [0.5, 0.6) is 5.75 Å². The highest BCUT2D eigenvalue weighted by Crippen LogP contribution is 2.33. The summed E-state index contributed by atoms with van der Waals surface area (Å²) in [5.41, 5.74) is -1.20. The number of aliphatic hydroxyl groups is 1. The molecule has 0 saturated heterocycles. The zero-order valence-corrected chi connectivity index (χ0v) is 11.0. The lowest BCUT2D eigenvalue weighted by molar-refractivity contribution is -0.137. The highest BCUT2D eigenvalue weighted by atomic mass is 19.4. The van der Waals surface area contributed by atoms with E-state index in [0.29, 0.717) is 23.9 Å². The second kappa shape index (κ2) is 5.73. The first-order chi connectivity index (χ1) is 9.82. The summed E-state index contributed by atoms with van der Waals surface area (Å²) in [4.78, 5) is 0. The van der Waals surface area contributed by atoms with Crippen LogP contribution in [0, 0.1) is 5.82 Å². The lowest BCUT2D eigenvalue weighted by Crippen LogP contribution is -2.09. The Kier molecular flexibility index (Phi) is 4.18. The van der Waals surface area contributed by atoms with Gasteiger partial charge in [0.25, 0.3) is 0 Å². The molecule has 0 aliphatic rings. The minimum atomic E-state index is -4.60. The molecule has 1 atom stereocenters. The third-order valence-corrected chi connectivity index (χ3v) is 3.03. The van der Waals surface area contributed by atoms with Crippen molar-refractivity contribution in [2.75, 3.05) is 7.11 Å². The van der Waals surface area contributed by atoms with Crippen molar-refractivity contribution in [3.05, 3.63) is 65.0 Å². The van der Waals surface area contributed by atoms with Gasteiger partial charge in [0.05, 0.1) is 12.7 Å². The van der Waals surface area contributed by atoms with Crippen molar-refractivity contribution in [1.29, 1.82) is 0 Å². The molecule has 2 rings (SSSR count). The summed E-state index contributed by atoms with van der Waals surface area (Å²) in [6, 6.07) is 8.02. The number of ether oxygens (including phenoxy) is 1. The van der Waals surface area contributed by atoms with Crippen LogP contribution in [-0.2, 0) is 6.18 Å². The molecule has 2 aromatic rings. The molecule has 0 heterocycles. The average molecular weight is 300 g/mol. The quantitative estimate of drug-likeness (QED) is 0.870. The van der Waals surface area contributed by atoms with Crippen LogP contribution >= 0.6 is 0 Å². The van der Waals surface area contributed by atoms with Crippen molar-refractivity contribution < 1.29 is 27.4 Å². The van der Waals surface area contributed by atoms with Gasteiger partial charge in [-0.3, -0.25) is 0 Å². The lowest BCUT2D eigenvalue weighted by Gasteiger charge is -2.15. The Morgan fingerprint density at radius 1 is 1.10 bits per heavy atom. The molecule has 0 radical (unpaired) electrons. The van der Waals surface area contributed by atoms with E-state index in [2.05, 4.69) is 0 Å². The van der Waals surface area contributed by atoms with E-state index in [9.17, 15) is 22.7 Å². The number of aliphatic hydroxyl groups excluding tert-OH is 1. The highest BCUT2D eigenvalue weighted by molar-refractivity contribution is 5.37. The molecule has 0 aliphatic carbocycles. The molecule has 0 bridgehead atoms.